The Morgan fingerprint density at radius 2 is 0.778 bits per heavy atom. The molecule has 0 aliphatic carbocycles. The first kappa shape index (κ1) is 27.4. The van der Waals surface area contributed by atoms with E-state index in [9.17, 15) is 0 Å². The van der Waals surface area contributed by atoms with Crippen LogP contribution in [0.25, 0.3) is 0 Å². The van der Waals surface area contributed by atoms with E-state index in [4.69, 9.17) is 0 Å². The van der Waals surface area contributed by atoms with Crippen molar-refractivity contribution in [2.24, 2.45) is 0 Å². The molecule has 0 atom stereocenters. The molecular weight excluding hydrogens is 318 g/mol. The van der Waals surface area contributed by atoms with Crippen molar-refractivity contribution in [1.82, 2.24) is 20.4 Å². The summed E-state index contributed by atoms with van der Waals surface area (Å²) < 4.78 is 0. The zero-order valence-electron chi connectivity index (χ0n) is 11.2. The van der Waals surface area contributed by atoms with Crippen molar-refractivity contribution in [3.63, 3.8) is 0 Å². The van der Waals surface area contributed by atoms with Crippen LogP contribution in [0.15, 0.2) is 0 Å². The summed E-state index contributed by atoms with van der Waals surface area (Å²) in [5.41, 5.74) is 0. The van der Waals surface area contributed by atoms with Gasteiger partial charge < -0.3 is 20.4 Å². The van der Waals surface area contributed by atoms with Crippen LogP contribution in [0.2, 0.25) is 0 Å². The number of rotatable bonds is 0. The van der Waals surface area contributed by atoms with Crippen molar-refractivity contribution in [3.05, 3.63) is 0 Å². The number of nitrogens with one attached hydrogen (secondary N) is 2. The number of nitrogens with zero attached hydrogens (tertiary/aromatic N) is 2. The summed E-state index contributed by atoms with van der Waals surface area (Å²) in [4.78, 5) is 4.73. The average Bonchev–Trinajstić information content (AvgIpc) is 2.14. The van der Waals surface area contributed by atoms with Gasteiger partial charge in [0, 0.05) is 52.4 Å². The highest BCUT2D eigenvalue weighted by Gasteiger charge is 2.01. The topological polar surface area (TPSA) is 30.5 Å². The van der Waals surface area contributed by atoms with Crippen LogP contribution in [0.5, 0.6) is 0 Å². The molecule has 1 rings (SSSR count). The predicted molar refractivity (Wildman–Crippen MR) is 89.7 cm³/mol. The minimum absolute atomic E-state index is 0. The highest BCUT2D eigenvalue weighted by atomic mass is 35.5. The van der Waals surface area contributed by atoms with Crippen LogP contribution in [0.3, 0.4) is 0 Å². The van der Waals surface area contributed by atoms with Crippen LogP contribution >= 0.6 is 49.6 Å². The van der Waals surface area contributed by atoms with Gasteiger partial charge in [0.05, 0.1) is 0 Å². The van der Waals surface area contributed by atoms with E-state index in [1.807, 2.05) is 0 Å². The fraction of sp³-hybridized carbons (Fsp3) is 1.00. The quantitative estimate of drug-likeness (QED) is 0.677. The molecule has 8 heteroatoms. The predicted octanol–water partition coefficient (Wildman–Crippen LogP) is 0.730. The van der Waals surface area contributed by atoms with E-state index in [0.717, 1.165) is 52.4 Å². The smallest absolute Gasteiger partial charge is 0.0104 e. The van der Waals surface area contributed by atoms with Gasteiger partial charge in [-0.05, 0) is 14.1 Å². The normalized spacial score (nSPS) is 19.7. The SMILES string of the molecule is CN1CCNCCN(C)CCNCC1.Cl.Cl.Cl.Cl. The Bertz CT molecular complexity index is 126. The summed E-state index contributed by atoms with van der Waals surface area (Å²) in [5.74, 6) is 0. The lowest BCUT2D eigenvalue weighted by Gasteiger charge is -2.21. The van der Waals surface area contributed by atoms with Crippen LogP contribution in [0.1, 0.15) is 0 Å². The van der Waals surface area contributed by atoms with Gasteiger partial charge in [0.2, 0.25) is 0 Å². The molecule has 0 aromatic rings. The molecule has 1 saturated heterocycles. The Morgan fingerprint density at radius 1 is 0.556 bits per heavy atom. The summed E-state index contributed by atoms with van der Waals surface area (Å²) in [5, 5.41) is 6.92. The van der Waals surface area contributed by atoms with Crippen LogP contribution < -0.4 is 10.6 Å². The van der Waals surface area contributed by atoms with E-state index in [2.05, 4.69) is 34.5 Å². The highest BCUT2D eigenvalue weighted by Crippen LogP contribution is 1.83. The highest BCUT2D eigenvalue weighted by molar-refractivity contribution is 5.86. The van der Waals surface area contributed by atoms with Crippen LogP contribution in [0.4, 0.5) is 0 Å². The summed E-state index contributed by atoms with van der Waals surface area (Å²) in [7, 11) is 4.36. The van der Waals surface area contributed by atoms with Gasteiger partial charge >= 0.3 is 0 Å². The second kappa shape index (κ2) is 18.0. The first-order chi connectivity index (χ1) is 6.79. The second-order valence-corrected chi connectivity index (χ2v) is 4.11. The zero-order chi connectivity index (χ0) is 10.2. The Morgan fingerprint density at radius 3 is 1.00 bits per heavy atom. The lowest BCUT2D eigenvalue weighted by atomic mass is 10.4. The zero-order valence-corrected chi connectivity index (χ0v) is 14.5. The molecule has 1 fully saturated rings. The molecule has 0 aromatic heterocycles. The summed E-state index contributed by atoms with van der Waals surface area (Å²) in [6.07, 6.45) is 0. The van der Waals surface area contributed by atoms with E-state index < -0.39 is 0 Å². The van der Waals surface area contributed by atoms with Crippen LogP contribution in [0, 0.1) is 0 Å². The molecule has 18 heavy (non-hydrogen) atoms. The van der Waals surface area contributed by atoms with Gasteiger partial charge in [0.25, 0.3) is 0 Å². The van der Waals surface area contributed by atoms with Gasteiger partial charge in [-0.25, -0.2) is 0 Å². The Hall–Kier alpha value is 1.00. The molecule has 0 radical (unpaired) electrons. The van der Waals surface area contributed by atoms with E-state index >= 15 is 0 Å². The summed E-state index contributed by atoms with van der Waals surface area (Å²) in [6, 6.07) is 0. The van der Waals surface area contributed by atoms with E-state index in [-0.39, 0.29) is 49.6 Å². The molecule has 0 bridgehead atoms. The van der Waals surface area contributed by atoms with E-state index in [1.165, 1.54) is 0 Å². The third kappa shape index (κ3) is 15.1. The fourth-order valence-electron chi connectivity index (χ4n) is 1.55. The maximum absolute atomic E-state index is 3.46. The van der Waals surface area contributed by atoms with E-state index in [1.54, 1.807) is 0 Å². The van der Waals surface area contributed by atoms with Crippen molar-refractivity contribution in [1.29, 1.82) is 0 Å². The van der Waals surface area contributed by atoms with Gasteiger partial charge in [-0.1, -0.05) is 0 Å². The Kier molecular flexibility index (Phi) is 27.4. The van der Waals surface area contributed by atoms with Crippen LogP contribution in [-0.2, 0) is 0 Å². The monoisotopic (exact) mass is 344 g/mol. The number of hydrogen-bond acceptors (Lipinski definition) is 4. The Labute approximate surface area is 136 Å². The molecule has 0 spiro atoms. The van der Waals surface area contributed by atoms with Crippen molar-refractivity contribution in [2.45, 2.75) is 0 Å². The molecule has 0 aromatic carbocycles. The minimum atomic E-state index is 0. The molecular formula is C10H28Cl4N4. The third-order valence-corrected chi connectivity index (χ3v) is 2.68. The molecule has 4 nitrogen and oxygen atoms in total. The van der Waals surface area contributed by atoms with Gasteiger partial charge in [0.15, 0.2) is 0 Å². The second-order valence-electron chi connectivity index (χ2n) is 4.11. The molecule has 1 aliphatic heterocycles. The molecule has 2 N–H and O–H groups in total. The molecule has 1 aliphatic rings. The fourth-order valence-corrected chi connectivity index (χ4v) is 1.55. The lowest BCUT2D eigenvalue weighted by molar-refractivity contribution is 0.291. The number of hydrogen-bond donors (Lipinski definition) is 2. The summed E-state index contributed by atoms with van der Waals surface area (Å²) >= 11 is 0. The Balaban J connectivity index is -0.000000245. The molecule has 0 unspecified atom stereocenters. The number of likely N-dealkylation sites (N-methyl/N-ethyl adjacent to an activating group) is 2. The van der Waals surface area contributed by atoms with Gasteiger partial charge in [-0.2, -0.15) is 0 Å². The van der Waals surface area contributed by atoms with Gasteiger partial charge in [-0.3, -0.25) is 0 Å². The molecule has 116 valence electrons. The maximum Gasteiger partial charge on any atom is 0.0104 e. The molecule has 1 heterocycles. The van der Waals surface area contributed by atoms with Crippen LogP contribution in [-0.4, -0.2) is 76.3 Å². The largest absolute Gasteiger partial charge is 0.314 e. The van der Waals surface area contributed by atoms with Gasteiger partial charge in [0.1, 0.15) is 0 Å². The molecule has 0 amide bonds. The third-order valence-electron chi connectivity index (χ3n) is 2.68. The first-order valence-electron chi connectivity index (χ1n) is 5.57. The van der Waals surface area contributed by atoms with E-state index in [0.29, 0.717) is 0 Å². The first-order valence-corrected chi connectivity index (χ1v) is 5.57. The molecule has 0 saturated carbocycles. The standard InChI is InChI=1S/C10H24N4.4ClH/c1-13-7-3-11-5-9-14(2)10-6-12-4-8-13;;;;/h11-12H,3-10H2,1-2H3;4*1H. The van der Waals surface area contributed by atoms with Crippen molar-refractivity contribution < 1.29 is 0 Å². The summed E-state index contributed by atoms with van der Waals surface area (Å²) in [6.45, 7) is 8.98. The number of halogens is 4. The van der Waals surface area contributed by atoms with Crippen molar-refractivity contribution >= 4 is 49.6 Å². The van der Waals surface area contributed by atoms with Gasteiger partial charge in [-0.15, -0.1) is 49.6 Å². The minimum Gasteiger partial charge on any atom is -0.314 e. The van der Waals surface area contributed by atoms with Crippen molar-refractivity contribution in [2.75, 3.05) is 66.5 Å². The maximum atomic E-state index is 3.46. The average molecular weight is 346 g/mol. The van der Waals surface area contributed by atoms with Crippen molar-refractivity contribution in [3.8, 4) is 0 Å². The lowest BCUT2D eigenvalue weighted by Crippen LogP contribution is -2.40.